The summed E-state index contributed by atoms with van der Waals surface area (Å²) in [6.07, 6.45) is 2.05. The predicted octanol–water partition coefficient (Wildman–Crippen LogP) is 1.95. The smallest absolute Gasteiger partial charge is 0.116 e. The van der Waals surface area contributed by atoms with Crippen molar-refractivity contribution in [2.75, 3.05) is 6.26 Å². The molecule has 12 heavy (non-hydrogen) atoms. The molecule has 5 heteroatoms. The number of thioether (sulfide) groups is 1. The minimum absolute atomic E-state index is 0.456. The number of aryl methyl sites for hydroxylation is 1. The lowest BCUT2D eigenvalue weighted by Gasteiger charge is -1.89. The molecule has 0 aromatic carbocycles. The van der Waals surface area contributed by atoms with Crippen LogP contribution in [0.2, 0.25) is 0 Å². The molecule has 1 rings (SSSR count). The van der Waals surface area contributed by atoms with Crippen LogP contribution in [0.25, 0.3) is 0 Å². The van der Waals surface area contributed by atoms with Gasteiger partial charge in [-0.15, -0.1) is 11.3 Å². The summed E-state index contributed by atoms with van der Waals surface area (Å²) in [7, 11) is 0. The minimum Gasteiger partial charge on any atom is -0.389 e. The monoisotopic (exact) mass is 218 g/mol. The van der Waals surface area contributed by atoms with Gasteiger partial charge in [0.25, 0.3) is 0 Å². The first-order valence-electron chi connectivity index (χ1n) is 3.40. The van der Waals surface area contributed by atoms with Gasteiger partial charge < -0.3 is 5.73 Å². The van der Waals surface area contributed by atoms with Gasteiger partial charge in [0.1, 0.15) is 10.00 Å². The van der Waals surface area contributed by atoms with Crippen molar-refractivity contribution in [1.82, 2.24) is 4.98 Å². The van der Waals surface area contributed by atoms with Crippen LogP contribution in [0.1, 0.15) is 15.6 Å². The van der Waals surface area contributed by atoms with Gasteiger partial charge in [-0.1, -0.05) is 12.2 Å². The first-order valence-corrected chi connectivity index (χ1v) is 6.02. The van der Waals surface area contributed by atoms with Gasteiger partial charge >= 0.3 is 0 Å². The van der Waals surface area contributed by atoms with Gasteiger partial charge in [-0.05, 0) is 13.2 Å². The van der Waals surface area contributed by atoms with Crippen molar-refractivity contribution in [3.05, 3.63) is 15.6 Å². The Morgan fingerprint density at radius 2 is 2.42 bits per heavy atom. The van der Waals surface area contributed by atoms with Gasteiger partial charge in [-0.2, -0.15) is 11.8 Å². The molecule has 1 aromatic heterocycles. The average molecular weight is 218 g/mol. The van der Waals surface area contributed by atoms with Crippen LogP contribution in [0, 0.1) is 6.92 Å². The van der Waals surface area contributed by atoms with Crippen LogP contribution in [0.5, 0.6) is 0 Å². The SMILES string of the molecule is CSCc1nc(C)c(C(N)=S)s1. The predicted molar refractivity (Wildman–Crippen MR) is 60.0 cm³/mol. The van der Waals surface area contributed by atoms with Gasteiger partial charge in [-0.25, -0.2) is 4.98 Å². The highest BCUT2D eigenvalue weighted by Crippen LogP contribution is 2.20. The molecule has 0 radical (unpaired) electrons. The Labute approximate surface area is 85.6 Å². The number of nitrogens with two attached hydrogens (primary N) is 1. The van der Waals surface area contributed by atoms with E-state index in [1.807, 2.05) is 6.92 Å². The molecule has 2 N–H and O–H groups in total. The molecule has 0 atom stereocenters. The van der Waals surface area contributed by atoms with Crippen molar-refractivity contribution in [2.24, 2.45) is 5.73 Å². The number of hydrogen-bond acceptors (Lipinski definition) is 4. The standard InChI is InChI=1S/C7H10N2S3/c1-4-6(7(8)10)12-5(9-4)3-11-2/h3H2,1-2H3,(H2,8,10). The van der Waals surface area contributed by atoms with Crippen LogP contribution in [0.15, 0.2) is 0 Å². The summed E-state index contributed by atoms with van der Waals surface area (Å²) in [5.74, 6) is 0.939. The third-order valence-corrected chi connectivity index (χ3v) is 3.60. The molecule has 0 aliphatic carbocycles. The van der Waals surface area contributed by atoms with Gasteiger partial charge in [0.15, 0.2) is 0 Å². The molecular weight excluding hydrogens is 208 g/mol. The molecule has 0 spiro atoms. The van der Waals surface area contributed by atoms with Gasteiger partial charge in [0, 0.05) is 5.75 Å². The van der Waals surface area contributed by atoms with E-state index >= 15 is 0 Å². The fraction of sp³-hybridized carbons (Fsp3) is 0.429. The number of thiazole rings is 1. The molecule has 2 nitrogen and oxygen atoms in total. The molecule has 66 valence electrons. The summed E-state index contributed by atoms with van der Waals surface area (Å²) in [4.78, 5) is 5.76. The first-order chi connectivity index (χ1) is 5.65. The van der Waals surface area contributed by atoms with Crippen molar-refractivity contribution < 1.29 is 0 Å². The zero-order chi connectivity index (χ0) is 9.14. The van der Waals surface area contributed by atoms with Gasteiger partial charge in [0.05, 0.1) is 10.6 Å². The summed E-state index contributed by atoms with van der Waals surface area (Å²) >= 11 is 8.23. The van der Waals surface area contributed by atoms with E-state index in [0.29, 0.717) is 4.99 Å². The Hall–Kier alpha value is -0.130. The normalized spacial score (nSPS) is 10.2. The lowest BCUT2D eigenvalue weighted by Crippen LogP contribution is -2.08. The lowest BCUT2D eigenvalue weighted by atomic mass is 10.4. The van der Waals surface area contributed by atoms with E-state index in [4.69, 9.17) is 18.0 Å². The van der Waals surface area contributed by atoms with Crippen molar-refractivity contribution >= 4 is 40.3 Å². The Morgan fingerprint density at radius 1 is 1.75 bits per heavy atom. The Morgan fingerprint density at radius 3 is 2.83 bits per heavy atom. The number of hydrogen-bond donors (Lipinski definition) is 1. The van der Waals surface area contributed by atoms with E-state index in [0.717, 1.165) is 21.3 Å². The van der Waals surface area contributed by atoms with E-state index in [9.17, 15) is 0 Å². The summed E-state index contributed by atoms with van der Waals surface area (Å²) in [6.45, 7) is 1.94. The Bertz CT molecular complexity index is 293. The molecule has 0 amide bonds. The van der Waals surface area contributed by atoms with Crippen LogP contribution in [0.3, 0.4) is 0 Å². The Kier molecular flexibility index (Phi) is 3.49. The molecule has 0 saturated carbocycles. The highest BCUT2D eigenvalue weighted by atomic mass is 32.2. The van der Waals surface area contributed by atoms with Crippen LogP contribution in [0.4, 0.5) is 0 Å². The zero-order valence-electron chi connectivity index (χ0n) is 6.96. The van der Waals surface area contributed by atoms with Crippen molar-refractivity contribution in [3.63, 3.8) is 0 Å². The van der Waals surface area contributed by atoms with Gasteiger partial charge in [0.2, 0.25) is 0 Å². The second-order valence-corrected chi connectivity index (χ2v) is 4.71. The van der Waals surface area contributed by atoms with Crippen LogP contribution in [-0.4, -0.2) is 16.2 Å². The second-order valence-electron chi connectivity index (χ2n) is 2.32. The first kappa shape index (κ1) is 9.95. The average Bonchev–Trinajstić information content (AvgIpc) is 2.32. The van der Waals surface area contributed by atoms with E-state index in [2.05, 4.69) is 11.2 Å². The minimum atomic E-state index is 0.456. The summed E-state index contributed by atoms with van der Waals surface area (Å²) < 4.78 is 0. The quantitative estimate of drug-likeness (QED) is 0.787. The molecule has 0 aliphatic rings. The van der Waals surface area contributed by atoms with E-state index in [1.165, 1.54) is 0 Å². The summed E-state index contributed by atoms with van der Waals surface area (Å²) in [6, 6.07) is 0. The third kappa shape index (κ3) is 2.18. The van der Waals surface area contributed by atoms with Crippen molar-refractivity contribution in [3.8, 4) is 0 Å². The molecule has 1 aromatic rings. The second kappa shape index (κ2) is 4.20. The lowest BCUT2D eigenvalue weighted by molar-refractivity contribution is 1.18. The van der Waals surface area contributed by atoms with Crippen LogP contribution < -0.4 is 5.73 Å². The van der Waals surface area contributed by atoms with Crippen LogP contribution in [-0.2, 0) is 5.75 Å². The number of aromatic nitrogens is 1. The largest absolute Gasteiger partial charge is 0.389 e. The third-order valence-electron chi connectivity index (χ3n) is 1.33. The van der Waals surface area contributed by atoms with E-state index < -0.39 is 0 Å². The fourth-order valence-electron chi connectivity index (χ4n) is 0.866. The maximum Gasteiger partial charge on any atom is 0.116 e. The maximum atomic E-state index is 5.52. The molecule has 0 aliphatic heterocycles. The highest BCUT2D eigenvalue weighted by Gasteiger charge is 2.08. The Balaban J connectivity index is 2.92. The summed E-state index contributed by atoms with van der Waals surface area (Å²) in [5, 5.41) is 1.10. The summed E-state index contributed by atoms with van der Waals surface area (Å²) in [5.41, 5.74) is 6.47. The molecule has 0 unspecified atom stereocenters. The molecule has 0 saturated heterocycles. The molecule has 0 fully saturated rings. The van der Waals surface area contributed by atoms with E-state index in [-0.39, 0.29) is 0 Å². The zero-order valence-corrected chi connectivity index (χ0v) is 9.41. The number of nitrogens with zero attached hydrogens (tertiary/aromatic N) is 1. The van der Waals surface area contributed by atoms with E-state index in [1.54, 1.807) is 23.1 Å². The number of thiocarbonyl (C=S) groups is 1. The maximum absolute atomic E-state index is 5.52. The highest BCUT2D eigenvalue weighted by molar-refractivity contribution is 7.97. The number of rotatable bonds is 3. The molecule has 1 heterocycles. The van der Waals surface area contributed by atoms with Crippen molar-refractivity contribution in [2.45, 2.75) is 12.7 Å². The topological polar surface area (TPSA) is 38.9 Å². The fourth-order valence-corrected chi connectivity index (χ4v) is 2.75. The van der Waals surface area contributed by atoms with Gasteiger partial charge in [-0.3, -0.25) is 0 Å². The molecular formula is C7H10N2S3. The molecule has 0 bridgehead atoms. The van der Waals surface area contributed by atoms with Crippen molar-refractivity contribution in [1.29, 1.82) is 0 Å². The van der Waals surface area contributed by atoms with Crippen LogP contribution >= 0.6 is 35.3 Å².